The van der Waals surface area contributed by atoms with Crippen LogP contribution in [0.1, 0.15) is 0 Å². The van der Waals surface area contributed by atoms with Gasteiger partial charge in [0.2, 0.25) is 5.91 Å². The molecule has 6 nitrogen and oxygen atoms in total. The van der Waals surface area contributed by atoms with Gasteiger partial charge in [-0.1, -0.05) is 17.7 Å². The van der Waals surface area contributed by atoms with E-state index in [1.54, 1.807) is 48.3 Å². The molecule has 0 heterocycles. The lowest BCUT2D eigenvalue weighted by Gasteiger charge is -2.17. The minimum atomic E-state index is -0.451. The fourth-order valence-corrected chi connectivity index (χ4v) is 2.92. The van der Waals surface area contributed by atoms with Crippen molar-refractivity contribution in [2.24, 2.45) is 0 Å². The topological polar surface area (TPSA) is 72.7 Å². The third-order valence-electron chi connectivity index (χ3n) is 3.33. The van der Waals surface area contributed by atoms with Crippen LogP contribution in [0.2, 0.25) is 5.02 Å². The maximum Gasteiger partial charge on any atom is 0.269 e. The Hall–Kier alpha value is -2.25. The van der Waals surface area contributed by atoms with Crippen molar-refractivity contribution in [1.29, 1.82) is 0 Å². The lowest BCUT2D eigenvalue weighted by atomic mass is 10.3. The van der Waals surface area contributed by atoms with Crippen molar-refractivity contribution >= 4 is 35.0 Å². The van der Waals surface area contributed by atoms with Crippen molar-refractivity contribution in [2.45, 2.75) is 4.90 Å². The number of halogens is 1. The first-order valence-corrected chi connectivity index (χ1v) is 8.81. The summed E-state index contributed by atoms with van der Waals surface area (Å²) in [6.45, 7) is 0.816. The maximum atomic E-state index is 12.1. The van der Waals surface area contributed by atoms with Crippen LogP contribution in [0.5, 0.6) is 5.75 Å². The average Bonchev–Trinajstić information content (AvgIpc) is 2.60. The molecule has 0 aliphatic rings. The van der Waals surface area contributed by atoms with Crippen LogP contribution in [0.25, 0.3) is 0 Å². The average molecular weight is 381 g/mol. The first kappa shape index (κ1) is 19.1. The summed E-state index contributed by atoms with van der Waals surface area (Å²) in [7, 11) is 1.71. The van der Waals surface area contributed by atoms with E-state index in [2.05, 4.69) is 0 Å². The maximum absolute atomic E-state index is 12.1. The predicted molar refractivity (Wildman–Crippen MR) is 98.4 cm³/mol. The molecule has 2 aromatic rings. The Bertz CT molecular complexity index is 740. The van der Waals surface area contributed by atoms with Crippen molar-refractivity contribution in [1.82, 2.24) is 4.90 Å². The number of rotatable bonds is 8. The number of hydrogen-bond donors (Lipinski definition) is 0. The fourth-order valence-electron chi connectivity index (χ4n) is 1.90. The van der Waals surface area contributed by atoms with Crippen molar-refractivity contribution in [3.63, 3.8) is 0 Å². The van der Waals surface area contributed by atoms with Gasteiger partial charge in [0.15, 0.2) is 0 Å². The van der Waals surface area contributed by atoms with Crippen molar-refractivity contribution < 1.29 is 14.5 Å². The number of nitro benzene ring substituents is 1. The van der Waals surface area contributed by atoms with Crippen molar-refractivity contribution in [3.8, 4) is 5.75 Å². The summed E-state index contributed by atoms with van der Waals surface area (Å²) >= 11 is 7.22. The van der Waals surface area contributed by atoms with Crippen LogP contribution in [0, 0.1) is 10.1 Å². The van der Waals surface area contributed by atoms with Crippen LogP contribution in [-0.4, -0.2) is 41.7 Å². The Kier molecular flexibility index (Phi) is 7.09. The largest absolute Gasteiger partial charge is 0.492 e. The highest BCUT2D eigenvalue weighted by Crippen LogP contribution is 2.21. The molecule has 0 radical (unpaired) electrons. The first-order valence-electron chi connectivity index (χ1n) is 7.45. The van der Waals surface area contributed by atoms with Crippen LogP contribution >= 0.6 is 23.4 Å². The molecule has 1 amide bonds. The summed E-state index contributed by atoms with van der Waals surface area (Å²) < 4.78 is 5.56. The molecule has 25 heavy (non-hydrogen) atoms. The SMILES string of the molecule is CN(CCOc1cccc(Cl)c1)C(=O)CSc1ccc([N+](=O)[O-])cc1. The number of thioether (sulfide) groups is 1. The minimum Gasteiger partial charge on any atom is -0.492 e. The van der Waals surface area contributed by atoms with Gasteiger partial charge < -0.3 is 9.64 Å². The van der Waals surface area contributed by atoms with Crippen LogP contribution in [0.4, 0.5) is 5.69 Å². The Labute approximate surface area is 154 Å². The van der Waals surface area contributed by atoms with E-state index in [1.165, 1.54) is 23.9 Å². The third kappa shape index (κ3) is 6.28. The third-order valence-corrected chi connectivity index (χ3v) is 4.56. The van der Waals surface area contributed by atoms with Gasteiger partial charge >= 0.3 is 0 Å². The highest BCUT2D eigenvalue weighted by atomic mass is 35.5. The molecular formula is C17H17ClN2O4S. The first-order chi connectivity index (χ1) is 12.0. The highest BCUT2D eigenvalue weighted by molar-refractivity contribution is 8.00. The van der Waals surface area contributed by atoms with Gasteiger partial charge in [0.1, 0.15) is 12.4 Å². The molecular weight excluding hydrogens is 364 g/mol. The quantitative estimate of drug-likeness (QED) is 0.395. The Balaban J connectivity index is 1.73. The van der Waals surface area contributed by atoms with Crippen LogP contribution in [-0.2, 0) is 4.79 Å². The number of non-ortho nitro benzene ring substituents is 1. The highest BCUT2D eigenvalue weighted by Gasteiger charge is 2.10. The number of hydrogen-bond acceptors (Lipinski definition) is 5. The monoisotopic (exact) mass is 380 g/mol. The number of benzene rings is 2. The molecule has 0 N–H and O–H groups in total. The van der Waals surface area contributed by atoms with Gasteiger partial charge in [-0.25, -0.2) is 0 Å². The van der Waals surface area contributed by atoms with Gasteiger partial charge in [-0.05, 0) is 30.3 Å². The number of carbonyl (C=O) groups excluding carboxylic acids is 1. The van der Waals surface area contributed by atoms with E-state index < -0.39 is 4.92 Å². The molecule has 132 valence electrons. The van der Waals surface area contributed by atoms with E-state index in [0.29, 0.717) is 23.9 Å². The van der Waals surface area contributed by atoms with E-state index in [-0.39, 0.29) is 17.3 Å². The Morgan fingerprint density at radius 1 is 1.28 bits per heavy atom. The normalized spacial score (nSPS) is 10.3. The second-order valence-corrected chi connectivity index (χ2v) is 6.65. The molecule has 0 saturated carbocycles. The number of carbonyl (C=O) groups is 1. The molecule has 0 aliphatic carbocycles. The lowest BCUT2D eigenvalue weighted by Crippen LogP contribution is -2.32. The molecule has 2 rings (SSSR count). The summed E-state index contributed by atoms with van der Waals surface area (Å²) in [6.07, 6.45) is 0. The molecule has 0 spiro atoms. The van der Waals surface area contributed by atoms with E-state index in [1.807, 2.05) is 0 Å². The standard InChI is InChI=1S/C17H17ClN2O4S/c1-19(9-10-24-15-4-2-3-13(18)11-15)17(21)12-25-16-7-5-14(6-8-16)20(22)23/h2-8,11H,9-10,12H2,1H3. The Morgan fingerprint density at radius 3 is 2.64 bits per heavy atom. The van der Waals surface area contributed by atoms with Crippen LogP contribution < -0.4 is 4.74 Å². The second kappa shape index (κ2) is 9.29. The molecule has 0 aromatic heterocycles. The molecule has 0 bridgehead atoms. The zero-order valence-electron chi connectivity index (χ0n) is 13.6. The summed E-state index contributed by atoms with van der Waals surface area (Å²) in [6, 6.07) is 13.2. The van der Waals surface area contributed by atoms with Crippen LogP contribution in [0.3, 0.4) is 0 Å². The number of amides is 1. The molecule has 0 fully saturated rings. The smallest absolute Gasteiger partial charge is 0.269 e. The van der Waals surface area contributed by atoms with Gasteiger partial charge in [0, 0.05) is 29.1 Å². The summed E-state index contributed by atoms with van der Waals surface area (Å²) in [5.74, 6) is 0.873. The van der Waals surface area contributed by atoms with Crippen LogP contribution in [0.15, 0.2) is 53.4 Å². The van der Waals surface area contributed by atoms with E-state index >= 15 is 0 Å². The zero-order valence-corrected chi connectivity index (χ0v) is 15.1. The zero-order chi connectivity index (χ0) is 18.2. The van der Waals surface area contributed by atoms with Gasteiger partial charge in [-0.3, -0.25) is 14.9 Å². The van der Waals surface area contributed by atoms with Gasteiger partial charge in [0.25, 0.3) is 5.69 Å². The van der Waals surface area contributed by atoms with E-state index in [4.69, 9.17) is 16.3 Å². The summed E-state index contributed by atoms with van der Waals surface area (Å²) in [4.78, 5) is 24.7. The molecule has 0 saturated heterocycles. The lowest BCUT2D eigenvalue weighted by molar-refractivity contribution is -0.384. The van der Waals surface area contributed by atoms with Gasteiger partial charge in [-0.2, -0.15) is 0 Å². The molecule has 0 unspecified atom stereocenters. The van der Waals surface area contributed by atoms with Crippen molar-refractivity contribution in [3.05, 3.63) is 63.7 Å². The minimum absolute atomic E-state index is 0.0333. The van der Waals surface area contributed by atoms with E-state index in [9.17, 15) is 14.9 Å². The number of likely N-dealkylation sites (N-methyl/N-ethyl adjacent to an activating group) is 1. The predicted octanol–water partition coefficient (Wildman–Crippen LogP) is 3.88. The fraction of sp³-hybridized carbons (Fsp3) is 0.235. The second-order valence-electron chi connectivity index (χ2n) is 5.16. The summed E-state index contributed by atoms with van der Waals surface area (Å²) in [5.41, 5.74) is 0.0333. The van der Waals surface area contributed by atoms with Crippen molar-refractivity contribution in [2.75, 3.05) is 26.0 Å². The Morgan fingerprint density at radius 2 is 2.00 bits per heavy atom. The molecule has 0 aliphatic heterocycles. The molecule has 8 heteroatoms. The molecule has 2 aromatic carbocycles. The number of ether oxygens (including phenoxy) is 1. The van der Waals surface area contributed by atoms with E-state index in [0.717, 1.165) is 4.90 Å². The van der Waals surface area contributed by atoms with Gasteiger partial charge in [-0.15, -0.1) is 11.8 Å². The number of nitro groups is 1. The number of nitrogens with zero attached hydrogens (tertiary/aromatic N) is 2. The van der Waals surface area contributed by atoms with Gasteiger partial charge in [0.05, 0.1) is 17.2 Å². The summed E-state index contributed by atoms with van der Waals surface area (Å²) in [5, 5.41) is 11.2. The molecule has 0 atom stereocenters.